The number of nitrogens with one attached hydrogen (secondary N) is 2. The van der Waals surface area contributed by atoms with Crippen LogP contribution in [0.15, 0.2) is 40.9 Å². The molecule has 4 N–H and O–H groups in total. The number of carbonyl (C=O) groups is 2. The number of carbonyl (C=O) groups excluding carboxylic acids is 2. The van der Waals surface area contributed by atoms with Crippen molar-refractivity contribution >= 4 is 29.1 Å². The molecule has 0 aliphatic carbocycles. The number of halogens is 1. The number of amides is 2. The number of rotatable bonds is 6. The number of methoxy groups -OCH3 is 1. The highest BCUT2D eigenvalue weighted by Gasteiger charge is 2.27. The Kier molecular flexibility index (Phi) is 6.12. The van der Waals surface area contributed by atoms with Gasteiger partial charge in [0.25, 0.3) is 11.8 Å². The summed E-state index contributed by atoms with van der Waals surface area (Å²) in [6.07, 6.45) is 0. The number of phenolic OH excluding ortho intramolecular Hbond substituents is 2. The lowest BCUT2D eigenvalue weighted by molar-refractivity contribution is 0.0947. The van der Waals surface area contributed by atoms with Crippen molar-refractivity contribution in [3.8, 4) is 28.6 Å². The number of phenols is 2. The molecular formula is C20H18ClN3O6. The normalized spacial score (nSPS) is 10.5. The first-order valence-electron chi connectivity index (χ1n) is 8.80. The molecule has 0 aliphatic rings. The van der Waals surface area contributed by atoms with Gasteiger partial charge in [-0.05, 0) is 37.3 Å². The highest BCUT2D eigenvalue weighted by Crippen LogP contribution is 2.41. The van der Waals surface area contributed by atoms with Crippen LogP contribution in [-0.4, -0.2) is 40.8 Å². The van der Waals surface area contributed by atoms with Gasteiger partial charge in [-0.3, -0.25) is 9.59 Å². The molecule has 0 atom stereocenters. The fraction of sp³-hybridized carbons (Fsp3) is 0.150. The van der Waals surface area contributed by atoms with Gasteiger partial charge in [0.2, 0.25) is 0 Å². The number of benzene rings is 2. The molecule has 0 bridgehead atoms. The molecular weight excluding hydrogens is 414 g/mol. The number of ether oxygens (including phenoxy) is 1. The Bertz CT molecular complexity index is 1090. The van der Waals surface area contributed by atoms with Crippen molar-refractivity contribution in [1.29, 1.82) is 0 Å². The third-order valence-electron chi connectivity index (χ3n) is 4.15. The number of anilines is 1. The lowest BCUT2D eigenvalue weighted by Gasteiger charge is -2.09. The standard InChI is InChI=1S/C20H18ClN3O6/c1-3-22-20(28)17-16(23-19(27)10-4-6-11(29-2)7-5-10)18(30-24-17)12-8-13(21)15(26)9-14(12)25/h4-9,25-26H,3H2,1-2H3,(H,22,28)(H,23,27). The minimum atomic E-state index is -0.582. The number of hydrogen-bond acceptors (Lipinski definition) is 7. The van der Waals surface area contributed by atoms with E-state index in [0.29, 0.717) is 12.3 Å². The molecule has 0 saturated heterocycles. The molecule has 30 heavy (non-hydrogen) atoms. The minimum Gasteiger partial charge on any atom is -0.507 e. The molecule has 0 unspecified atom stereocenters. The van der Waals surface area contributed by atoms with E-state index in [1.165, 1.54) is 13.2 Å². The second-order valence-electron chi connectivity index (χ2n) is 6.10. The van der Waals surface area contributed by atoms with Crippen molar-refractivity contribution in [2.24, 2.45) is 0 Å². The maximum absolute atomic E-state index is 12.8. The predicted octanol–water partition coefficient (Wildman–Crippen LogP) is 3.42. The van der Waals surface area contributed by atoms with Gasteiger partial charge in [0.05, 0.1) is 17.7 Å². The van der Waals surface area contributed by atoms with Crippen LogP contribution in [0.4, 0.5) is 5.69 Å². The molecule has 0 radical (unpaired) electrons. The summed E-state index contributed by atoms with van der Waals surface area (Å²) >= 11 is 5.94. The SMILES string of the molecule is CCNC(=O)c1noc(-c2cc(Cl)c(O)cc2O)c1NC(=O)c1ccc(OC)cc1. The smallest absolute Gasteiger partial charge is 0.275 e. The van der Waals surface area contributed by atoms with Gasteiger partial charge in [-0.1, -0.05) is 16.8 Å². The molecule has 3 rings (SSSR count). The molecule has 2 amide bonds. The van der Waals surface area contributed by atoms with Crippen LogP contribution in [0.3, 0.4) is 0 Å². The van der Waals surface area contributed by atoms with Crippen LogP contribution in [0.5, 0.6) is 17.2 Å². The summed E-state index contributed by atoms with van der Waals surface area (Å²) in [5.41, 5.74) is 0.0831. The maximum atomic E-state index is 12.8. The second-order valence-corrected chi connectivity index (χ2v) is 6.51. The summed E-state index contributed by atoms with van der Waals surface area (Å²) in [5, 5.41) is 28.7. The summed E-state index contributed by atoms with van der Waals surface area (Å²) in [6.45, 7) is 2.04. The van der Waals surface area contributed by atoms with E-state index in [4.69, 9.17) is 20.9 Å². The second kappa shape index (κ2) is 8.75. The van der Waals surface area contributed by atoms with Crippen molar-refractivity contribution in [1.82, 2.24) is 10.5 Å². The third kappa shape index (κ3) is 4.15. The third-order valence-corrected chi connectivity index (χ3v) is 4.45. The first kappa shape index (κ1) is 21.0. The van der Waals surface area contributed by atoms with Gasteiger partial charge in [0, 0.05) is 18.2 Å². The number of aromatic hydroxyl groups is 2. The van der Waals surface area contributed by atoms with Crippen LogP contribution in [0.1, 0.15) is 27.8 Å². The van der Waals surface area contributed by atoms with E-state index < -0.39 is 11.8 Å². The van der Waals surface area contributed by atoms with Crippen molar-refractivity contribution in [3.63, 3.8) is 0 Å². The van der Waals surface area contributed by atoms with E-state index in [9.17, 15) is 19.8 Å². The average Bonchev–Trinajstić information content (AvgIpc) is 3.14. The quantitative estimate of drug-likeness (QED) is 0.469. The Morgan fingerprint density at radius 1 is 1.13 bits per heavy atom. The highest BCUT2D eigenvalue weighted by atomic mass is 35.5. The van der Waals surface area contributed by atoms with Gasteiger partial charge in [-0.2, -0.15) is 0 Å². The number of aromatic nitrogens is 1. The van der Waals surface area contributed by atoms with Gasteiger partial charge < -0.3 is 30.1 Å². The van der Waals surface area contributed by atoms with Crippen LogP contribution in [0.2, 0.25) is 5.02 Å². The molecule has 0 aliphatic heterocycles. The number of nitrogens with zero attached hydrogens (tertiary/aromatic N) is 1. The van der Waals surface area contributed by atoms with Crippen molar-refractivity contribution in [2.75, 3.05) is 19.0 Å². The summed E-state index contributed by atoms with van der Waals surface area (Å²) in [7, 11) is 1.51. The fourth-order valence-corrected chi connectivity index (χ4v) is 2.81. The van der Waals surface area contributed by atoms with Gasteiger partial charge in [-0.15, -0.1) is 0 Å². The van der Waals surface area contributed by atoms with E-state index in [0.717, 1.165) is 6.07 Å². The maximum Gasteiger partial charge on any atom is 0.275 e. The van der Waals surface area contributed by atoms with Crippen molar-refractivity contribution in [2.45, 2.75) is 6.92 Å². The summed E-state index contributed by atoms with van der Waals surface area (Å²) in [6, 6.07) is 8.56. The highest BCUT2D eigenvalue weighted by molar-refractivity contribution is 6.32. The van der Waals surface area contributed by atoms with Crippen LogP contribution in [0.25, 0.3) is 11.3 Å². The summed E-state index contributed by atoms with van der Waals surface area (Å²) in [5.74, 6) is -1.37. The van der Waals surface area contributed by atoms with Crippen LogP contribution < -0.4 is 15.4 Å². The fourth-order valence-electron chi connectivity index (χ4n) is 2.65. The van der Waals surface area contributed by atoms with Gasteiger partial charge in [0.1, 0.15) is 22.9 Å². The monoisotopic (exact) mass is 431 g/mol. The number of hydrogen-bond donors (Lipinski definition) is 4. The molecule has 0 saturated carbocycles. The van der Waals surface area contributed by atoms with Crippen molar-refractivity contribution in [3.05, 3.63) is 52.7 Å². The van der Waals surface area contributed by atoms with Gasteiger partial charge in [0.15, 0.2) is 11.5 Å². The lowest BCUT2D eigenvalue weighted by Crippen LogP contribution is -2.25. The molecule has 0 fully saturated rings. The zero-order valence-corrected chi connectivity index (χ0v) is 16.8. The van der Waals surface area contributed by atoms with Gasteiger partial charge in [-0.25, -0.2) is 0 Å². The zero-order valence-electron chi connectivity index (χ0n) is 16.0. The zero-order chi connectivity index (χ0) is 21.8. The summed E-state index contributed by atoms with van der Waals surface area (Å²) in [4.78, 5) is 25.1. The van der Waals surface area contributed by atoms with Crippen LogP contribution in [0, 0.1) is 0 Å². The molecule has 0 spiro atoms. The molecule has 10 heteroatoms. The molecule has 9 nitrogen and oxygen atoms in total. The van der Waals surface area contributed by atoms with E-state index in [-0.39, 0.29) is 44.8 Å². The largest absolute Gasteiger partial charge is 0.507 e. The Labute approximate surface area is 176 Å². The van der Waals surface area contributed by atoms with Crippen molar-refractivity contribution < 1.29 is 29.1 Å². The molecule has 3 aromatic rings. The van der Waals surface area contributed by atoms with E-state index in [1.807, 2.05) is 0 Å². The van der Waals surface area contributed by atoms with E-state index in [1.54, 1.807) is 31.2 Å². The van der Waals surface area contributed by atoms with Crippen LogP contribution >= 0.6 is 11.6 Å². The average molecular weight is 432 g/mol. The Hall–Kier alpha value is -3.72. The Morgan fingerprint density at radius 2 is 1.83 bits per heavy atom. The minimum absolute atomic E-state index is 0.0332. The summed E-state index contributed by atoms with van der Waals surface area (Å²) < 4.78 is 10.3. The van der Waals surface area contributed by atoms with Gasteiger partial charge >= 0.3 is 0 Å². The first-order chi connectivity index (χ1) is 14.3. The molecule has 2 aromatic carbocycles. The molecule has 156 valence electrons. The van der Waals surface area contributed by atoms with Crippen LogP contribution in [-0.2, 0) is 0 Å². The molecule has 1 aromatic heterocycles. The first-order valence-corrected chi connectivity index (χ1v) is 9.18. The predicted molar refractivity (Wildman–Crippen MR) is 109 cm³/mol. The van der Waals surface area contributed by atoms with E-state index in [2.05, 4.69) is 15.8 Å². The lowest BCUT2D eigenvalue weighted by atomic mass is 10.1. The van der Waals surface area contributed by atoms with E-state index >= 15 is 0 Å². The molecule has 1 heterocycles. The Balaban J connectivity index is 2.06. The topological polar surface area (TPSA) is 134 Å². The Morgan fingerprint density at radius 3 is 2.47 bits per heavy atom.